The second-order valence-corrected chi connectivity index (χ2v) is 3.53. The summed E-state index contributed by atoms with van der Waals surface area (Å²) < 4.78 is 50.4. The van der Waals surface area contributed by atoms with Gasteiger partial charge in [-0.25, -0.2) is 4.39 Å². The van der Waals surface area contributed by atoms with Gasteiger partial charge in [0.25, 0.3) is 5.91 Å². The number of alkyl halides is 3. The van der Waals surface area contributed by atoms with Gasteiger partial charge < -0.3 is 10.4 Å². The highest BCUT2D eigenvalue weighted by molar-refractivity contribution is 5.94. The van der Waals surface area contributed by atoms with Crippen LogP contribution in [0.2, 0.25) is 0 Å². The van der Waals surface area contributed by atoms with E-state index < -0.39 is 29.0 Å². The van der Waals surface area contributed by atoms with Gasteiger partial charge in [0.15, 0.2) is 0 Å². The van der Waals surface area contributed by atoms with E-state index in [0.717, 1.165) is 0 Å². The lowest BCUT2D eigenvalue weighted by molar-refractivity contribution is -0.137. The molecule has 1 aromatic carbocycles. The van der Waals surface area contributed by atoms with Gasteiger partial charge in [-0.15, -0.1) is 0 Å². The second-order valence-electron chi connectivity index (χ2n) is 3.53. The van der Waals surface area contributed by atoms with Gasteiger partial charge in [-0.1, -0.05) is 0 Å². The summed E-state index contributed by atoms with van der Waals surface area (Å²) in [5.41, 5.74) is -1.75. The van der Waals surface area contributed by atoms with Gasteiger partial charge in [-0.2, -0.15) is 13.2 Å². The van der Waals surface area contributed by atoms with Crippen molar-refractivity contribution < 1.29 is 27.5 Å². The van der Waals surface area contributed by atoms with E-state index in [1.807, 2.05) is 0 Å². The summed E-state index contributed by atoms with van der Waals surface area (Å²) >= 11 is 0. The van der Waals surface area contributed by atoms with Crippen LogP contribution in [0.25, 0.3) is 0 Å². The lowest BCUT2D eigenvalue weighted by atomic mass is 10.1. The standard InChI is InChI=1S/C11H11F4NO2/c12-9-3-2-7(11(13,14)15)6-8(9)10(18)16-4-1-5-17/h2-3,6,17H,1,4-5H2,(H,16,18). The monoisotopic (exact) mass is 265 g/mol. The number of benzene rings is 1. The van der Waals surface area contributed by atoms with E-state index >= 15 is 0 Å². The van der Waals surface area contributed by atoms with Crippen LogP contribution in [-0.2, 0) is 6.18 Å². The summed E-state index contributed by atoms with van der Waals surface area (Å²) in [6.45, 7) is -0.115. The molecular formula is C11H11F4NO2. The largest absolute Gasteiger partial charge is 0.416 e. The van der Waals surface area contributed by atoms with Crippen molar-refractivity contribution in [2.75, 3.05) is 13.2 Å². The molecule has 0 aliphatic rings. The summed E-state index contributed by atoms with van der Waals surface area (Å²) in [4.78, 5) is 11.4. The number of carbonyl (C=O) groups excluding carboxylic acids is 1. The Kier molecular flexibility index (Phi) is 4.66. The highest BCUT2D eigenvalue weighted by atomic mass is 19.4. The first-order chi connectivity index (χ1) is 8.36. The van der Waals surface area contributed by atoms with Gasteiger partial charge in [-0.05, 0) is 24.6 Å². The van der Waals surface area contributed by atoms with Crippen LogP contribution in [0.15, 0.2) is 18.2 Å². The minimum atomic E-state index is -4.63. The van der Waals surface area contributed by atoms with Crippen molar-refractivity contribution in [2.24, 2.45) is 0 Å². The molecule has 1 amide bonds. The Hall–Kier alpha value is -1.63. The molecule has 100 valence electrons. The predicted octanol–water partition coefficient (Wildman–Crippen LogP) is 1.96. The Morgan fingerprint density at radius 1 is 1.33 bits per heavy atom. The molecule has 0 spiro atoms. The summed E-state index contributed by atoms with van der Waals surface area (Å²) in [5.74, 6) is -1.96. The Labute approximate surface area is 100 Å². The van der Waals surface area contributed by atoms with Crippen molar-refractivity contribution in [2.45, 2.75) is 12.6 Å². The maximum Gasteiger partial charge on any atom is 0.416 e. The first-order valence-corrected chi connectivity index (χ1v) is 5.12. The molecule has 0 radical (unpaired) electrons. The van der Waals surface area contributed by atoms with Crippen LogP contribution in [0.4, 0.5) is 17.6 Å². The summed E-state index contributed by atoms with van der Waals surface area (Å²) in [7, 11) is 0. The number of halogens is 4. The molecule has 0 aliphatic carbocycles. The van der Waals surface area contributed by atoms with E-state index in [4.69, 9.17) is 5.11 Å². The highest BCUT2D eigenvalue weighted by Gasteiger charge is 2.31. The maximum absolute atomic E-state index is 13.2. The van der Waals surface area contributed by atoms with Crippen LogP contribution < -0.4 is 5.32 Å². The van der Waals surface area contributed by atoms with Crippen LogP contribution in [0.1, 0.15) is 22.3 Å². The molecule has 0 heterocycles. The second kappa shape index (κ2) is 5.81. The number of hydrogen-bond donors (Lipinski definition) is 2. The van der Waals surface area contributed by atoms with E-state index in [-0.39, 0.29) is 19.6 Å². The summed E-state index contributed by atoms with van der Waals surface area (Å²) in [5, 5.41) is 10.7. The molecular weight excluding hydrogens is 254 g/mol. The van der Waals surface area contributed by atoms with Gasteiger partial charge in [-0.3, -0.25) is 4.79 Å². The molecule has 0 aromatic heterocycles. The Bertz CT molecular complexity index is 432. The average molecular weight is 265 g/mol. The molecule has 3 nitrogen and oxygen atoms in total. The number of aliphatic hydroxyl groups is 1. The molecule has 0 bridgehead atoms. The predicted molar refractivity (Wildman–Crippen MR) is 55.4 cm³/mol. The van der Waals surface area contributed by atoms with Crippen molar-refractivity contribution in [3.63, 3.8) is 0 Å². The van der Waals surface area contributed by atoms with Crippen molar-refractivity contribution in [1.82, 2.24) is 5.32 Å². The molecule has 0 unspecified atom stereocenters. The summed E-state index contributed by atoms with van der Waals surface area (Å²) in [6, 6.07) is 1.63. The quantitative estimate of drug-likeness (QED) is 0.646. The van der Waals surface area contributed by atoms with Crippen LogP contribution in [-0.4, -0.2) is 24.2 Å². The van der Waals surface area contributed by atoms with E-state index in [2.05, 4.69) is 5.32 Å². The topological polar surface area (TPSA) is 49.3 Å². The van der Waals surface area contributed by atoms with Gasteiger partial charge in [0.1, 0.15) is 5.82 Å². The molecule has 2 N–H and O–H groups in total. The maximum atomic E-state index is 13.2. The number of aliphatic hydroxyl groups excluding tert-OH is 1. The third-order valence-corrected chi connectivity index (χ3v) is 2.16. The van der Waals surface area contributed by atoms with Crippen LogP contribution >= 0.6 is 0 Å². The number of carbonyl (C=O) groups is 1. The Balaban J connectivity index is 2.90. The lowest BCUT2D eigenvalue weighted by Crippen LogP contribution is -2.26. The minimum absolute atomic E-state index is 0.0605. The molecule has 0 atom stereocenters. The Morgan fingerprint density at radius 3 is 2.56 bits per heavy atom. The molecule has 1 rings (SSSR count). The lowest BCUT2D eigenvalue weighted by Gasteiger charge is -2.10. The van der Waals surface area contributed by atoms with E-state index in [1.54, 1.807) is 0 Å². The molecule has 0 saturated heterocycles. The molecule has 0 fully saturated rings. The van der Waals surface area contributed by atoms with Crippen molar-refractivity contribution in [3.05, 3.63) is 35.1 Å². The van der Waals surface area contributed by atoms with E-state index in [9.17, 15) is 22.4 Å². The number of hydrogen-bond acceptors (Lipinski definition) is 2. The van der Waals surface area contributed by atoms with Crippen LogP contribution in [0, 0.1) is 5.82 Å². The zero-order chi connectivity index (χ0) is 13.8. The van der Waals surface area contributed by atoms with Crippen LogP contribution in [0.5, 0.6) is 0 Å². The fraction of sp³-hybridized carbons (Fsp3) is 0.364. The molecule has 18 heavy (non-hydrogen) atoms. The van der Waals surface area contributed by atoms with E-state index in [1.165, 1.54) is 0 Å². The third kappa shape index (κ3) is 3.69. The third-order valence-electron chi connectivity index (χ3n) is 2.16. The normalized spacial score (nSPS) is 11.4. The SMILES string of the molecule is O=C(NCCCO)c1cc(C(F)(F)F)ccc1F. The Morgan fingerprint density at radius 2 is 2.00 bits per heavy atom. The zero-order valence-corrected chi connectivity index (χ0v) is 9.22. The summed E-state index contributed by atoms with van der Waals surface area (Å²) in [6.07, 6.45) is -4.39. The van der Waals surface area contributed by atoms with Crippen molar-refractivity contribution in [1.29, 1.82) is 0 Å². The fourth-order valence-electron chi connectivity index (χ4n) is 1.25. The fourth-order valence-corrected chi connectivity index (χ4v) is 1.25. The number of amides is 1. The average Bonchev–Trinajstić information content (AvgIpc) is 2.28. The van der Waals surface area contributed by atoms with Crippen LogP contribution in [0.3, 0.4) is 0 Å². The van der Waals surface area contributed by atoms with Gasteiger partial charge in [0.05, 0.1) is 11.1 Å². The zero-order valence-electron chi connectivity index (χ0n) is 9.22. The van der Waals surface area contributed by atoms with E-state index in [0.29, 0.717) is 18.2 Å². The van der Waals surface area contributed by atoms with Gasteiger partial charge >= 0.3 is 6.18 Å². The first-order valence-electron chi connectivity index (χ1n) is 5.12. The van der Waals surface area contributed by atoms with Gasteiger partial charge in [0.2, 0.25) is 0 Å². The molecule has 0 aliphatic heterocycles. The molecule has 7 heteroatoms. The minimum Gasteiger partial charge on any atom is -0.396 e. The van der Waals surface area contributed by atoms with Crippen molar-refractivity contribution >= 4 is 5.91 Å². The first kappa shape index (κ1) is 14.4. The number of rotatable bonds is 4. The van der Waals surface area contributed by atoms with Crippen molar-refractivity contribution in [3.8, 4) is 0 Å². The molecule has 0 saturated carbocycles. The number of nitrogens with one attached hydrogen (secondary N) is 1. The smallest absolute Gasteiger partial charge is 0.396 e. The highest BCUT2D eigenvalue weighted by Crippen LogP contribution is 2.30. The van der Waals surface area contributed by atoms with Gasteiger partial charge in [0, 0.05) is 13.2 Å². The molecule has 1 aromatic rings.